The second kappa shape index (κ2) is 4.31. The molecule has 1 heterocycles. The highest BCUT2D eigenvalue weighted by molar-refractivity contribution is 5.97. The molecule has 2 rings (SSSR count). The molecule has 96 valence electrons. The van der Waals surface area contributed by atoms with Gasteiger partial charge in [-0.15, -0.1) is 0 Å². The van der Waals surface area contributed by atoms with Crippen LogP contribution in [0.4, 0.5) is 0 Å². The van der Waals surface area contributed by atoms with Crippen molar-refractivity contribution in [2.75, 3.05) is 6.54 Å². The number of nitrogens with zero attached hydrogens (tertiary/aromatic N) is 1. The Balaban J connectivity index is 2.10. The highest BCUT2D eigenvalue weighted by atomic mass is 16.2. The van der Waals surface area contributed by atoms with Gasteiger partial charge in [-0.25, -0.2) is 0 Å². The quantitative estimate of drug-likeness (QED) is 0.802. The van der Waals surface area contributed by atoms with Gasteiger partial charge in [-0.1, -0.05) is 19.8 Å². The Morgan fingerprint density at radius 1 is 1.41 bits per heavy atom. The average molecular weight is 238 g/mol. The number of hydrogen-bond acceptors (Lipinski definition) is 2. The molecule has 1 aliphatic heterocycles. The number of nitrogens with one attached hydrogen (secondary N) is 1. The van der Waals surface area contributed by atoms with Crippen LogP contribution in [0.2, 0.25) is 0 Å². The van der Waals surface area contributed by atoms with Crippen LogP contribution in [0.5, 0.6) is 0 Å². The van der Waals surface area contributed by atoms with E-state index in [1.165, 1.54) is 12.8 Å². The maximum atomic E-state index is 12.3. The summed E-state index contributed by atoms with van der Waals surface area (Å²) in [6, 6.07) is 0.236. The highest BCUT2D eigenvalue weighted by Gasteiger charge is 2.42. The molecule has 2 amide bonds. The molecule has 1 saturated heterocycles. The van der Waals surface area contributed by atoms with Crippen molar-refractivity contribution in [3.63, 3.8) is 0 Å². The summed E-state index contributed by atoms with van der Waals surface area (Å²) in [6.45, 7) is 5.89. The first kappa shape index (κ1) is 12.4. The third-order valence-electron chi connectivity index (χ3n) is 3.78. The summed E-state index contributed by atoms with van der Waals surface area (Å²) in [7, 11) is 0. The summed E-state index contributed by atoms with van der Waals surface area (Å²) in [5, 5.41) is 2.75. The lowest BCUT2D eigenvalue weighted by atomic mass is 9.96. The lowest BCUT2D eigenvalue weighted by Crippen LogP contribution is -2.65. The molecule has 2 fully saturated rings. The minimum absolute atomic E-state index is 0.0381. The van der Waals surface area contributed by atoms with Crippen LogP contribution >= 0.6 is 0 Å². The van der Waals surface area contributed by atoms with Crippen LogP contribution in [0.25, 0.3) is 0 Å². The van der Waals surface area contributed by atoms with Crippen molar-refractivity contribution in [2.45, 2.75) is 58.0 Å². The molecule has 4 nitrogen and oxygen atoms in total. The predicted molar refractivity (Wildman–Crippen MR) is 65.4 cm³/mol. The van der Waals surface area contributed by atoms with E-state index in [1.54, 1.807) is 18.7 Å². The fourth-order valence-electron chi connectivity index (χ4n) is 2.57. The first-order valence-electron chi connectivity index (χ1n) is 6.56. The van der Waals surface area contributed by atoms with E-state index in [9.17, 15) is 9.59 Å². The summed E-state index contributed by atoms with van der Waals surface area (Å²) in [5.41, 5.74) is -0.744. The Kier molecular flexibility index (Phi) is 3.15. The zero-order valence-corrected chi connectivity index (χ0v) is 11.0. The number of piperazine rings is 1. The Labute approximate surface area is 103 Å². The van der Waals surface area contributed by atoms with Gasteiger partial charge < -0.3 is 10.2 Å². The van der Waals surface area contributed by atoms with Gasteiger partial charge in [-0.3, -0.25) is 9.59 Å². The van der Waals surface area contributed by atoms with E-state index in [2.05, 4.69) is 12.2 Å². The lowest BCUT2D eigenvalue weighted by molar-refractivity contribution is -0.151. The number of carbonyl (C=O) groups is 2. The van der Waals surface area contributed by atoms with Crippen molar-refractivity contribution >= 4 is 11.8 Å². The first-order valence-corrected chi connectivity index (χ1v) is 6.56. The smallest absolute Gasteiger partial charge is 0.248 e. The molecule has 1 aliphatic carbocycles. The van der Waals surface area contributed by atoms with Gasteiger partial charge in [0.1, 0.15) is 5.54 Å². The van der Waals surface area contributed by atoms with Crippen molar-refractivity contribution in [3.8, 4) is 0 Å². The number of amides is 2. The molecule has 1 atom stereocenters. The molecule has 1 unspecified atom stereocenters. The highest BCUT2D eigenvalue weighted by Crippen LogP contribution is 2.36. The summed E-state index contributed by atoms with van der Waals surface area (Å²) < 4.78 is 0. The number of hydrogen-bond donors (Lipinski definition) is 1. The molecule has 17 heavy (non-hydrogen) atoms. The van der Waals surface area contributed by atoms with E-state index in [1.807, 2.05) is 0 Å². The van der Waals surface area contributed by atoms with Crippen molar-refractivity contribution in [1.82, 2.24) is 10.2 Å². The third-order valence-corrected chi connectivity index (χ3v) is 3.78. The number of rotatable bonds is 4. The molecule has 0 aromatic heterocycles. The topological polar surface area (TPSA) is 49.4 Å². The van der Waals surface area contributed by atoms with Crippen LogP contribution in [0, 0.1) is 5.92 Å². The summed E-state index contributed by atoms with van der Waals surface area (Å²) >= 11 is 0. The van der Waals surface area contributed by atoms with E-state index in [0.29, 0.717) is 0 Å². The second-order valence-electron chi connectivity index (χ2n) is 5.85. The molecule has 1 saturated carbocycles. The van der Waals surface area contributed by atoms with Crippen LogP contribution in [0.3, 0.4) is 0 Å². The normalized spacial score (nSPS) is 25.7. The van der Waals surface area contributed by atoms with Crippen LogP contribution < -0.4 is 5.32 Å². The molecule has 1 N–H and O–H groups in total. The van der Waals surface area contributed by atoms with E-state index in [4.69, 9.17) is 0 Å². The zero-order chi connectivity index (χ0) is 12.6. The standard InChI is InChI=1S/C13H22N2O2/c1-4-10(7-9-5-6-9)15-8-11(16)14-13(2,3)12(15)17/h9-10H,4-8H2,1-3H3,(H,14,16). The maximum absolute atomic E-state index is 12.3. The minimum Gasteiger partial charge on any atom is -0.341 e. The molecule has 0 aromatic carbocycles. The fraction of sp³-hybridized carbons (Fsp3) is 0.846. The van der Waals surface area contributed by atoms with E-state index >= 15 is 0 Å². The van der Waals surface area contributed by atoms with Gasteiger partial charge in [0.2, 0.25) is 11.8 Å². The summed E-state index contributed by atoms with van der Waals surface area (Å²) in [5.74, 6) is 0.800. The molecule has 2 aliphatic rings. The van der Waals surface area contributed by atoms with Crippen LogP contribution in [-0.4, -0.2) is 34.8 Å². The van der Waals surface area contributed by atoms with E-state index < -0.39 is 5.54 Å². The predicted octanol–water partition coefficient (Wildman–Crippen LogP) is 1.30. The van der Waals surface area contributed by atoms with Gasteiger partial charge in [0.25, 0.3) is 0 Å². The summed E-state index contributed by atoms with van der Waals surface area (Å²) in [4.78, 5) is 25.7. The third kappa shape index (κ3) is 2.61. The minimum atomic E-state index is -0.744. The molecule has 0 spiro atoms. The Morgan fingerprint density at radius 3 is 2.59 bits per heavy atom. The second-order valence-corrected chi connectivity index (χ2v) is 5.85. The monoisotopic (exact) mass is 238 g/mol. The molecule has 0 aromatic rings. The van der Waals surface area contributed by atoms with Gasteiger partial charge in [-0.05, 0) is 32.6 Å². The average Bonchev–Trinajstić information content (AvgIpc) is 3.03. The molecule has 4 heteroatoms. The van der Waals surface area contributed by atoms with E-state index in [0.717, 1.165) is 18.8 Å². The number of carbonyl (C=O) groups excluding carboxylic acids is 2. The van der Waals surface area contributed by atoms with Crippen molar-refractivity contribution in [2.24, 2.45) is 5.92 Å². The van der Waals surface area contributed by atoms with Gasteiger partial charge in [0.05, 0.1) is 6.54 Å². The largest absolute Gasteiger partial charge is 0.341 e. The van der Waals surface area contributed by atoms with Crippen molar-refractivity contribution < 1.29 is 9.59 Å². The van der Waals surface area contributed by atoms with Gasteiger partial charge in [-0.2, -0.15) is 0 Å². The van der Waals surface area contributed by atoms with Crippen LogP contribution in [0.1, 0.15) is 46.5 Å². The fourth-order valence-corrected chi connectivity index (χ4v) is 2.57. The van der Waals surface area contributed by atoms with Crippen LogP contribution in [-0.2, 0) is 9.59 Å². The lowest BCUT2D eigenvalue weighted by Gasteiger charge is -2.41. The summed E-state index contributed by atoms with van der Waals surface area (Å²) in [6.07, 6.45) is 4.57. The maximum Gasteiger partial charge on any atom is 0.248 e. The Hall–Kier alpha value is -1.06. The first-order chi connectivity index (χ1) is 7.94. The Bertz CT molecular complexity index is 334. The molecular formula is C13H22N2O2. The molecule has 0 bridgehead atoms. The van der Waals surface area contributed by atoms with Gasteiger partial charge in [0, 0.05) is 6.04 Å². The molecule has 0 radical (unpaired) electrons. The van der Waals surface area contributed by atoms with Crippen molar-refractivity contribution in [1.29, 1.82) is 0 Å². The zero-order valence-electron chi connectivity index (χ0n) is 11.0. The van der Waals surface area contributed by atoms with Gasteiger partial charge in [0.15, 0.2) is 0 Å². The Morgan fingerprint density at radius 2 is 2.06 bits per heavy atom. The van der Waals surface area contributed by atoms with Crippen molar-refractivity contribution in [3.05, 3.63) is 0 Å². The van der Waals surface area contributed by atoms with Crippen LogP contribution in [0.15, 0.2) is 0 Å². The SMILES string of the molecule is CCC(CC1CC1)N1CC(=O)NC(C)(C)C1=O. The van der Waals surface area contributed by atoms with Gasteiger partial charge >= 0.3 is 0 Å². The molecular weight excluding hydrogens is 216 g/mol. The van der Waals surface area contributed by atoms with E-state index in [-0.39, 0.29) is 24.4 Å².